The average molecular weight is 287 g/mol. The number of rotatable bonds is 4. The molecule has 0 aliphatic heterocycles. The average Bonchev–Trinajstić information content (AvgIpc) is 2.83. The Balaban J connectivity index is 0.00000180. The number of furan rings is 1. The SMILES string of the molecule is Cc1ccc(C(=O)NC(CN)C2CCCCC2)o1.Cl. The molecule has 1 saturated carbocycles. The van der Waals surface area contributed by atoms with Crippen LogP contribution in [-0.2, 0) is 0 Å². The van der Waals surface area contributed by atoms with E-state index >= 15 is 0 Å². The van der Waals surface area contributed by atoms with Gasteiger partial charge in [-0.05, 0) is 37.8 Å². The van der Waals surface area contributed by atoms with Crippen molar-refractivity contribution in [3.8, 4) is 0 Å². The predicted molar refractivity (Wildman–Crippen MR) is 77.6 cm³/mol. The summed E-state index contributed by atoms with van der Waals surface area (Å²) < 4.78 is 5.33. The highest BCUT2D eigenvalue weighted by atomic mass is 35.5. The Morgan fingerprint density at radius 2 is 2.11 bits per heavy atom. The van der Waals surface area contributed by atoms with E-state index in [0.29, 0.717) is 18.2 Å². The van der Waals surface area contributed by atoms with Crippen LogP contribution in [0.4, 0.5) is 0 Å². The lowest BCUT2D eigenvalue weighted by Gasteiger charge is -2.29. The maximum atomic E-state index is 12.0. The van der Waals surface area contributed by atoms with Crippen LogP contribution in [0.3, 0.4) is 0 Å². The predicted octanol–water partition coefficient (Wildman–Crippen LogP) is 2.65. The summed E-state index contributed by atoms with van der Waals surface area (Å²) in [5, 5.41) is 3.01. The minimum Gasteiger partial charge on any atom is -0.456 e. The van der Waals surface area contributed by atoms with E-state index in [1.807, 2.05) is 6.92 Å². The van der Waals surface area contributed by atoms with Crippen molar-refractivity contribution in [1.82, 2.24) is 5.32 Å². The standard InChI is InChI=1S/C14H22N2O2.ClH/c1-10-7-8-13(18-10)14(17)16-12(9-15)11-5-3-2-4-6-11;/h7-8,11-12H,2-6,9,15H2,1H3,(H,16,17);1H. The van der Waals surface area contributed by atoms with Gasteiger partial charge in [0.05, 0.1) is 0 Å². The molecule has 1 fully saturated rings. The van der Waals surface area contributed by atoms with Gasteiger partial charge in [0.2, 0.25) is 0 Å². The summed E-state index contributed by atoms with van der Waals surface area (Å²) in [5.74, 6) is 1.50. The molecule has 1 aliphatic carbocycles. The van der Waals surface area contributed by atoms with Gasteiger partial charge in [0.1, 0.15) is 5.76 Å². The van der Waals surface area contributed by atoms with Crippen LogP contribution in [0.1, 0.15) is 48.4 Å². The van der Waals surface area contributed by atoms with Crippen molar-refractivity contribution >= 4 is 18.3 Å². The number of hydrogen-bond acceptors (Lipinski definition) is 3. The summed E-state index contributed by atoms with van der Waals surface area (Å²) in [6.45, 7) is 2.33. The van der Waals surface area contributed by atoms with Crippen LogP contribution in [0.5, 0.6) is 0 Å². The summed E-state index contributed by atoms with van der Waals surface area (Å²) in [6.07, 6.45) is 6.13. The van der Waals surface area contributed by atoms with Crippen molar-refractivity contribution in [3.63, 3.8) is 0 Å². The summed E-state index contributed by atoms with van der Waals surface area (Å²) in [7, 11) is 0. The van der Waals surface area contributed by atoms with Crippen molar-refractivity contribution in [2.24, 2.45) is 11.7 Å². The van der Waals surface area contributed by atoms with E-state index in [1.165, 1.54) is 32.1 Å². The van der Waals surface area contributed by atoms with Gasteiger partial charge in [0.15, 0.2) is 5.76 Å². The number of carbonyl (C=O) groups excluding carboxylic acids is 1. The lowest BCUT2D eigenvalue weighted by Crippen LogP contribution is -2.45. The maximum Gasteiger partial charge on any atom is 0.287 e. The van der Waals surface area contributed by atoms with Crippen LogP contribution in [0, 0.1) is 12.8 Å². The summed E-state index contributed by atoms with van der Waals surface area (Å²) in [4.78, 5) is 12.0. The largest absolute Gasteiger partial charge is 0.456 e. The first-order chi connectivity index (χ1) is 8.70. The van der Waals surface area contributed by atoms with E-state index in [0.717, 1.165) is 5.76 Å². The zero-order valence-corrected chi connectivity index (χ0v) is 12.2. The van der Waals surface area contributed by atoms with E-state index < -0.39 is 0 Å². The molecule has 1 aromatic rings. The fourth-order valence-electron chi connectivity index (χ4n) is 2.70. The summed E-state index contributed by atoms with van der Waals surface area (Å²) >= 11 is 0. The van der Waals surface area contributed by atoms with Gasteiger partial charge in [-0.1, -0.05) is 19.3 Å². The van der Waals surface area contributed by atoms with Crippen LogP contribution in [0.15, 0.2) is 16.5 Å². The molecule has 0 radical (unpaired) electrons. The first-order valence-electron chi connectivity index (χ1n) is 6.78. The molecule has 1 unspecified atom stereocenters. The van der Waals surface area contributed by atoms with E-state index in [2.05, 4.69) is 5.32 Å². The number of nitrogens with two attached hydrogens (primary N) is 1. The van der Waals surface area contributed by atoms with Gasteiger partial charge in [-0.25, -0.2) is 0 Å². The van der Waals surface area contributed by atoms with E-state index in [-0.39, 0.29) is 24.4 Å². The first kappa shape index (κ1) is 16.1. The highest BCUT2D eigenvalue weighted by Crippen LogP contribution is 2.26. The fraction of sp³-hybridized carbons (Fsp3) is 0.643. The van der Waals surface area contributed by atoms with Crippen molar-refractivity contribution in [3.05, 3.63) is 23.7 Å². The van der Waals surface area contributed by atoms with Crippen LogP contribution >= 0.6 is 12.4 Å². The first-order valence-corrected chi connectivity index (χ1v) is 6.78. The van der Waals surface area contributed by atoms with Gasteiger partial charge in [0, 0.05) is 12.6 Å². The fourth-order valence-corrected chi connectivity index (χ4v) is 2.70. The van der Waals surface area contributed by atoms with Gasteiger partial charge >= 0.3 is 0 Å². The van der Waals surface area contributed by atoms with Crippen LogP contribution in [0.25, 0.3) is 0 Å². The number of aryl methyl sites for hydroxylation is 1. The zero-order valence-electron chi connectivity index (χ0n) is 11.4. The number of amides is 1. The topological polar surface area (TPSA) is 68.3 Å². The molecule has 1 aromatic heterocycles. The lowest BCUT2D eigenvalue weighted by atomic mass is 9.84. The normalized spacial score (nSPS) is 17.6. The van der Waals surface area contributed by atoms with Crippen LogP contribution in [-0.4, -0.2) is 18.5 Å². The third-order valence-electron chi connectivity index (χ3n) is 3.75. The minimum atomic E-state index is -0.149. The van der Waals surface area contributed by atoms with Gasteiger partial charge in [-0.3, -0.25) is 4.79 Å². The smallest absolute Gasteiger partial charge is 0.287 e. The van der Waals surface area contributed by atoms with Crippen molar-refractivity contribution in [2.45, 2.75) is 45.1 Å². The Morgan fingerprint density at radius 3 is 2.63 bits per heavy atom. The molecule has 19 heavy (non-hydrogen) atoms. The monoisotopic (exact) mass is 286 g/mol. The molecular formula is C14H23ClN2O2. The Bertz CT molecular complexity index is 400. The van der Waals surface area contributed by atoms with E-state index in [4.69, 9.17) is 10.2 Å². The molecule has 1 amide bonds. The van der Waals surface area contributed by atoms with Crippen molar-refractivity contribution in [1.29, 1.82) is 0 Å². The molecule has 1 atom stereocenters. The summed E-state index contributed by atoms with van der Waals surface area (Å²) in [5.41, 5.74) is 5.79. The van der Waals surface area contributed by atoms with Gasteiger partial charge in [-0.15, -0.1) is 12.4 Å². The number of halogens is 1. The highest BCUT2D eigenvalue weighted by molar-refractivity contribution is 5.91. The second-order valence-electron chi connectivity index (χ2n) is 5.12. The molecule has 0 bridgehead atoms. The highest BCUT2D eigenvalue weighted by Gasteiger charge is 2.25. The van der Waals surface area contributed by atoms with Gasteiger partial charge in [0.25, 0.3) is 5.91 Å². The summed E-state index contributed by atoms with van der Waals surface area (Å²) in [6, 6.07) is 3.58. The third kappa shape index (κ3) is 4.25. The van der Waals surface area contributed by atoms with Crippen molar-refractivity contribution in [2.75, 3.05) is 6.54 Å². The molecular weight excluding hydrogens is 264 g/mol. The van der Waals surface area contributed by atoms with E-state index in [9.17, 15) is 4.79 Å². The number of carbonyl (C=O) groups is 1. The Labute approximate surface area is 120 Å². The molecule has 1 aliphatic rings. The molecule has 0 aromatic carbocycles. The second-order valence-corrected chi connectivity index (χ2v) is 5.12. The van der Waals surface area contributed by atoms with Crippen molar-refractivity contribution < 1.29 is 9.21 Å². The maximum absolute atomic E-state index is 12.0. The van der Waals surface area contributed by atoms with Gasteiger partial charge in [-0.2, -0.15) is 0 Å². The van der Waals surface area contributed by atoms with Gasteiger partial charge < -0.3 is 15.5 Å². The zero-order chi connectivity index (χ0) is 13.0. The minimum absolute atomic E-state index is 0. The molecule has 0 saturated heterocycles. The Morgan fingerprint density at radius 1 is 1.42 bits per heavy atom. The molecule has 3 N–H and O–H groups in total. The van der Waals surface area contributed by atoms with E-state index in [1.54, 1.807) is 12.1 Å². The molecule has 0 spiro atoms. The third-order valence-corrected chi connectivity index (χ3v) is 3.75. The second kappa shape index (κ2) is 7.56. The molecule has 2 rings (SSSR count). The quantitative estimate of drug-likeness (QED) is 0.894. The molecule has 4 nitrogen and oxygen atoms in total. The molecule has 1 heterocycles. The molecule has 108 valence electrons. The number of hydrogen-bond donors (Lipinski definition) is 2. The lowest BCUT2D eigenvalue weighted by molar-refractivity contribution is 0.0886. The van der Waals surface area contributed by atoms with Crippen LogP contribution in [0.2, 0.25) is 0 Å². The molecule has 5 heteroatoms. The van der Waals surface area contributed by atoms with Crippen LogP contribution < -0.4 is 11.1 Å². The number of nitrogens with one attached hydrogen (secondary N) is 1. The Hall–Kier alpha value is -1.00. The Kier molecular flexibility index (Phi) is 6.38.